The second-order valence-electron chi connectivity index (χ2n) is 3.32. The number of thioether (sulfide) groups is 1. The Morgan fingerprint density at radius 3 is 3.12 bits per heavy atom. The first kappa shape index (κ1) is 13.9. The molecule has 0 fully saturated rings. The highest BCUT2D eigenvalue weighted by Crippen LogP contribution is 2.18. The van der Waals surface area contributed by atoms with Crippen LogP contribution in [-0.2, 0) is 11.3 Å². The van der Waals surface area contributed by atoms with Gasteiger partial charge in [-0.25, -0.2) is 4.68 Å². The number of ether oxygens (including phenoxy) is 1. The lowest BCUT2D eigenvalue weighted by molar-refractivity contribution is 0.199. The van der Waals surface area contributed by atoms with E-state index in [9.17, 15) is 0 Å². The average Bonchev–Trinajstić information content (AvgIpc) is 2.76. The zero-order chi connectivity index (χ0) is 12.5. The van der Waals surface area contributed by atoms with Gasteiger partial charge in [-0.05, 0) is 17.4 Å². The van der Waals surface area contributed by atoms with Crippen molar-refractivity contribution in [2.75, 3.05) is 26.8 Å². The Bertz CT molecular complexity index is 363. The van der Waals surface area contributed by atoms with E-state index in [4.69, 9.17) is 10.00 Å². The van der Waals surface area contributed by atoms with Gasteiger partial charge in [0.25, 0.3) is 0 Å². The molecule has 0 saturated heterocycles. The van der Waals surface area contributed by atoms with E-state index in [1.54, 1.807) is 11.8 Å². The summed E-state index contributed by atoms with van der Waals surface area (Å²) in [5.74, 6) is 0. The minimum atomic E-state index is -0.152. The summed E-state index contributed by atoms with van der Waals surface area (Å²) in [5.41, 5.74) is 0. The van der Waals surface area contributed by atoms with Gasteiger partial charge in [0.2, 0.25) is 5.16 Å². The zero-order valence-corrected chi connectivity index (χ0v) is 10.8. The van der Waals surface area contributed by atoms with Crippen molar-refractivity contribution in [2.45, 2.75) is 23.9 Å². The molecule has 0 amide bonds. The lowest BCUT2D eigenvalue weighted by Crippen LogP contribution is -2.24. The van der Waals surface area contributed by atoms with Gasteiger partial charge < -0.3 is 10.1 Å². The van der Waals surface area contributed by atoms with Crippen LogP contribution in [0.1, 0.15) is 6.92 Å². The normalized spacial score (nSPS) is 12.3. The minimum absolute atomic E-state index is 0.152. The van der Waals surface area contributed by atoms with E-state index in [1.165, 1.54) is 11.8 Å². The summed E-state index contributed by atoms with van der Waals surface area (Å²) in [7, 11) is 1.67. The van der Waals surface area contributed by atoms with Crippen LogP contribution in [0.2, 0.25) is 0 Å². The van der Waals surface area contributed by atoms with E-state index in [2.05, 4.69) is 26.9 Å². The number of aromatic nitrogens is 4. The van der Waals surface area contributed by atoms with Gasteiger partial charge in [-0.1, -0.05) is 11.8 Å². The van der Waals surface area contributed by atoms with Gasteiger partial charge in [0.1, 0.15) is 0 Å². The molecule has 1 atom stereocenters. The summed E-state index contributed by atoms with van der Waals surface area (Å²) in [6, 6.07) is 2.14. The molecule has 0 aliphatic carbocycles. The van der Waals surface area contributed by atoms with Gasteiger partial charge >= 0.3 is 0 Å². The summed E-state index contributed by atoms with van der Waals surface area (Å²) >= 11 is 1.36. The number of tetrazole rings is 1. The summed E-state index contributed by atoms with van der Waals surface area (Å²) in [6.07, 6.45) is 0. The fourth-order valence-corrected chi connectivity index (χ4v) is 1.79. The van der Waals surface area contributed by atoms with Crippen LogP contribution in [0.4, 0.5) is 0 Å². The van der Waals surface area contributed by atoms with Crippen LogP contribution in [0, 0.1) is 11.3 Å². The molecule has 94 valence electrons. The number of methoxy groups -OCH3 is 1. The Kier molecular flexibility index (Phi) is 6.54. The Hall–Kier alpha value is -1.17. The molecule has 0 aliphatic heterocycles. The lowest BCUT2D eigenvalue weighted by atomic mass is 10.5. The van der Waals surface area contributed by atoms with Crippen LogP contribution in [-0.4, -0.2) is 52.3 Å². The first-order valence-electron chi connectivity index (χ1n) is 5.30. The summed E-state index contributed by atoms with van der Waals surface area (Å²) in [4.78, 5) is 0. The standard InChI is InChI=1S/C9H16N6OS/c1-8(7-10)17-9-12-13-14-15(9)5-3-11-4-6-16-2/h8,11H,3-6H2,1-2H3. The molecule has 0 spiro atoms. The lowest BCUT2D eigenvalue weighted by Gasteiger charge is -2.06. The van der Waals surface area contributed by atoms with Crippen molar-refractivity contribution in [1.82, 2.24) is 25.5 Å². The van der Waals surface area contributed by atoms with Gasteiger partial charge in [0, 0.05) is 20.2 Å². The number of nitrogens with zero attached hydrogens (tertiary/aromatic N) is 5. The molecule has 7 nitrogen and oxygen atoms in total. The Balaban J connectivity index is 2.33. The molecule has 1 aromatic rings. The Morgan fingerprint density at radius 2 is 2.41 bits per heavy atom. The van der Waals surface area contributed by atoms with Crippen molar-refractivity contribution in [3.05, 3.63) is 0 Å². The Morgan fingerprint density at radius 1 is 1.59 bits per heavy atom. The number of nitriles is 1. The van der Waals surface area contributed by atoms with Crippen molar-refractivity contribution in [2.24, 2.45) is 0 Å². The van der Waals surface area contributed by atoms with E-state index >= 15 is 0 Å². The predicted molar refractivity (Wildman–Crippen MR) is 63.5 cm³/mol. The molecule has 0 aliphatic rings. The van der Waals surface area contributed by atoms with Crippen LogP contribution < -0.4 is 5.32 Å². The summed E-state index contributed by atoms with van der Waals surface area (Å²) in [6.45, 7) is 4.75. The highest BCUT2D eigenvalue weighted by Gasteiger charge is 2.10. The second kappa shape index (κ2) is 8.00. The molecule has 1 N–H and O–H groups in total. The molecular weight excluding hydrogens is 240 g/mol. The molecule has 0 saturated carbocycles. The van der Waals surface area contributed by atoms with E-state index in [0.717, 1.165) is 13.1 Å². The molecule has 0 radical (unpaired) electrons. The van der Waals surface area contributed by atoms with Crippen molar-refractivity contribution in [1.29, 1.82) is 5.26 Å². The van der Waals surface area contributed by atoms with Crippen LogP contribution in [0.3, 0.4) is 0 Å². The van der Waals surface area contributed by atoms with Crippen LogP contribution in [0.15, 0.2) is 5.16 Å². The molecule has 1 aromatic heterocycles. The number of hydrogen-bond donors (Lipinski definition) is 1. The van der Waals surface area contributed by atoms with Crippen LogP contribution in [0.25, 0.3) is 0 Å². The molecule has 1 heterocycles. The highest BCUT2D eigenvalue weighted by molar-refractivity contribution is 8.00. The monoisotopic (exact) mass is 256 g/mol. The van der Waals surface area contributed by atoms with E-state index in [-0.39, 0.29) is 5.25 Å². The molecular formula is C9H16N6OS. The van der Waals surface area contributed by atoms with E-state index in [0.29, 0.717) is 18.3 Å². The van der Waals surface area contributed by atoms with Gasteiger partial charge in [-0.2, -0.15) is 5.26 Å². The minimum Gasteiger partial charge on any atom is -0.383 e. The van der Waals surface area contributed by atoms with Crippen molar-refractivity contribution in [3.63, 3.8) is 0 Å². The van der Waals surface area contributed by atoms with Gasteiger partial charge in [-0.15, -0.1) is 5.10 Å². The van der Waals surface area contributed by atoms with Crippen LogP contribution >= 0.6 is 11.8 Å². The number of rotatable bonds is 8. The van der Waals surface area contributed by atoms with Gasteiger partial charge in [0.15, 0.2) is 0 Å². The SMILES string of the molecule is COCCNCCn1nnnc1SC(C)C#N. The van der Waals surface area contributed by atoms with Crippen LogP contribution in [0.5, 0.6) is 0 Å². The fraction of sp³-hybridized carbons (Fsp3) is 0.778. The Labute approximate surface area is 105 Å². The zero-order valence-electron chi connectivity index (χ0n) is 9.96. The third kappa shape index (κ3) is 5.12. The van der Waals surface area contributed by atoms with Crippen molar-refractivity contribution < 1.29 is 4.74 Å². The highest BCUT2D eigenvalue weighted by atomic mass is 32.2. The molecule has 8 heteroatoms. The molecule has 0 bridgehead atoms. The molecule has 1 unspecified atom stereocenters. The number of nitrogens with one attached hydrogen (secondary N) is 1. The molecule has 0 aromatic carbocycles. The first-order chi connectivity index (χ1) is 8.27. The predicted octanol–water partition coefficient (Wildman–Crippen LogP) is -0.0867. The quantitative estimate of drug-likeness (QED) is 0.513. The third-order valence-corrected chi connectivity index (χ3v) is 2.91. The molecule has 1 rings (SSSR count). The maximum absolute atomic E-state index is 8.72. The largest absolute Gasteiger partial charge is 0.383 e. The fourth-order valence-electron chi connectivity index (χ4n) is 1.09. The van der Waals surface area contributed by atoms with Crippen molar-refractivity contribution in [3.8, 4) is 6.07 Å². The maximum atomic E-state index is 8.72. The van der Waals surface area contributed by atoms with E-state index in [1.807, 2.05) is 6.92 Å². The summed E-state index contributed by atoms with van der Waals surface area (Å²) in [5, 5.41) is 23.8. The second-order valence-corrected chi connectivity index (χ2v) is 4.62. The first-order valence-corrected chi connectivity index (χ1v) is 6.18. The topological polar surface area (TPSA) is 88.7 Å². The smallest absolute Gasteiger partial charge is 0.210 e. The van der Waals surface area contributed by atoms with E-state index < -0.39 is 0 Å². The summed E-state index contributed by atoms with van der Waals surface area (Å²) < 4.78 is 6.61. The molecule has 17 heavy (non-hydrogen) atoms. The van der Waals surface area contributed by atoms with Crippen molar-refractivity contribution >= 4 is 11.8 Å². The third-order valence-electron chi connectivity index (χ3n) is 1.95. The van der Waals surface area contributed by atoms with Gasteiger partial charge in [-0.3, -0.25) is 0 Å². The number of hydrogen-bond acceptors (Lipinski definition) is 7. The maximum Gasteiger partial charge on any atom is 0.210 e. The van der Waals surface area contributed by atoms with Gasteiger partial charge in [0.05, 0.1) is 24.5 Å². The average molecular weight is 256 g/mol.